The van der Waals surface area contributed by atoms with Gasteiger partial charge >= 0.3 is 0 Å². The summed E-state index contributed by atoms with van der Waals surface area (Å²) in [5.74, 6) is 0.692. The number of nitrogens with zero attached hydrogens (tertiary/aromatic N) is 2. The minimum absolute atomic E-state index is 0.113. The molecule has 0 atom stereocenters. The molecular formula is C9H15N5O. The molecule has 0 saturated heterocycles. The van der Waals surface area contributed by atoms with Crippen molar-refractivity contribution < 1.29 is 0 Å². The standard InChI is InChI=1S/C9H15N5O/c1-9(2)4-11-6-5(14(9)3)7(15)13-8(10)12-6/h4H2,1-3H3,(H4,10,11,12,13,15). The van der Waals surface area contributed by atoms with Crippen LogP contribution in [-0.4, -0.2) is 29.1 Å². The smallest absolute Gasteiger partial charge is 0.278 e. The number of hydrogen-bond acceptors (Lipinski definition) is 5. The van der Waals surface area contributed by atoms with Crippen molar-refractivity contribution in [3.63, 3.8) is 0 Å². The Labute approximate surface area is 87.5 Å². The molecule has 4 N–H and O–H groups in total. The monoisotopic (exact) mass is 209 g/mol. The number of rotatable bonds is 0. The van der Waals surface area contributed by atoms with Crippen molar-refractivity contribution in [2.75, 3.05) is 29.5 Å². The van der Waals surface area contributed by atoms with Crippen LogP contribution in [0.25, 0.3) is 0 Å². The van der Waals surface area contributed by atoms with Crippen LogP contribution in [0, 0.1) is 0 Å². The minimum atomic E-state index is -0.208. The first kappa shape index (κ1) is 9.82. The van der Waals surface area contributed by atoms with Crippen LogP contribution in [0.2, 0.25) is 0 Å². The second kappa shape index (κ2) is 2.88. The highest BCUT2D eigenvalue weighted by molar-refractivity contribution is 5.69. The van der Waals surface area contributed by atoms with Crippen LogP contribution >= 0.6 is 0 Å². The molecule has 0 fully saturated rings. The summed E-state index contributed by atoms with van der Waals surface area (Å²) in [6.07, 6.45) is 0. The summed E-state index contributed by atoms with van der Waals surface area (Å²) in [4.78, 5) is 20.2. The lowest BCUT2D eigenvalue weighted by atomic mass is 10.0. The number of hydrogen-bond donors (Lipinski definition) is 3. The van der Waals surface area contributed by atoms with E-state index in [9.17, 15) is 4.79 Å². The Morgan fingerprint density at radius 3 is 2.87 bits per heavy atom. The van der Waals surface area contributed by atoms with E-state index in [1.807, 2.05) is 11.9 Å². The second-order valence-electron chi connectivity index (χ2n) is 4.37. The molecule has 0 radical (unpaired) electrons. The number of fused-ring (bicyclic) bond motifs is 1. The van der Waals surface area contributed by atoms with Gasteiger partial charge in [0.15, 0.2) is 5.82 Å². The molecule has 6 heteroatoms. The molecule has 1 aliphatic heterocycles. The van der Waals surface area contributed by atoms with E-state index in [1.54, 1.807) is 0 Å². The Kier molecular flexibility index (Phi) is 1.89. The molecule has 0 aromatic carbocycles. The molecule has 0 aliphatic carbocycles. The van der Waals surface area contributed by atoms with Gasteiger partial charge in [0.05, 0.1) is 5.54 Å². The summed E-state index contributed by atoms with van der Waals surface area (Å²) >= 11 is 0. The molecule has 2 rings (SSSR count). The van der Waals surface area contributed by atoms with E-state index < -0.39 is 0 Å². The third-order valence-corrected chi connectivity index (χ3v) is 2.85. The fraction of sp³-hybridized carbons (Fsp3) is 0.556. The van der Waals surface area contributed by atoms with E-state index in [2.05, 4.69) is 29.1 Å². The molecule has 15 heavy (non-hydrogen) atoms. The molecule has 6 nitrogen and oxygen atoms in total. The zero-order chi connectivity index (χ0) is 11.2. The highest BCUT2D eigenvalue weighted by Crippen LogP contribution is 2.29. The van der Waals surface area contributed by atoms with Crippen molar-refractivity contribution in [2.45, 2.75) is 19.4 Å². The number of anilines is 3. The first-order valence-electron chi connectivity index (χ1n) is 4.79. The van der Waals surface area contributed by atoms with E-state index in [0.29, 0.717) is 11.5 Å². The van der Waals surface area contributed by atoms with Crippen molar-refractivity contribution in [2.24, 2.45) is 0 Å². The Bertz CT molecular complexity index is 450. The van der Waals surface area contributed by atoms with Crippen LogP contribution in [0.15, 0.2) is 4.79 Å². The maximum atomic E-state index is 11.7. The average Bonchev–Trinajstić information content (AvgIpc) is 2.11. The normalized spacial score (nSPS) is 18.2. The number of nitrogen functional groups attached to an aromatic ring is 1. The fourth-order valence-electron chi connectivity index (χ4n) is 1.64. The van der Waals surface area contributed by atoms with Gasteiger partial charge < -0.3 is 16.0 Å². The molecule has 1 aromatic rings. The highest BCUT2D eigenvalue weighted by Gasteiger charge is 2.32. The predicted octanol–water partition coefficient (Wildman–Crippen LogP) is -0.00760. The summed E-state index contributed by atoms with van der Waals surface area (Å²) in [6.45, 7) is 4.84. The summed E-state index contributed by atoms with van der Waals surface area (Å²) in [5.41, 5.74) is 5.69. The summed E-state index contributed by atoms with van der Waals surface area (Å²) in [5, 5.41) is 3.11. The Hall–Kier alpha value is -1.72. The Morgan fingerprint density at radius 2 is 2.20 bits per heavy atom. The maximum absolute atomic E-state index is 11.7. The lowest BCUT2D eigenvalue weighted by Crippen LogP contribution is -2.52. The molecule has 82 valence electrons. The summed E-state index contributed by atoms with van der Waals surface area (Å²) < 4.78 is 0. The van der Waals surface area contributed by atoms with Crippen molar-refractivity contribution in [1.29, 1.82) is 0 Å². The number of nitrogens with one attached hydrogen (secondary N) is 2. The van der Waals surface area contributed by atoms with Gasteiger partial charge in [-0.15, -0.1) is 0 Å². The molecule has 0 unspecified atom stereocenters. The first-order chi connectivity index (χ1) is 6.92. The van der Waals surface area contributed by atoms with Crippen molar-refractivity contribution >= 4 is 17.5 Å². The number of H-pyrrole nitrogens is 1. The van der Waals surface area contributed by atoms with Crippen LogP contribution in [0.5, 0.6) is 0 Å². The molecule has 1 aromatic heterocycles. The van der Waals surface area contributed by atoms with Crippen LogP contribution in [0.4, 0.5) is 17.5 Å². The van der Waals surface area contributed by atoms with E-state index in [1.165, 1.54) is 0 Å². The van der Waals surface area contributed by atoms with Crippen LogP contribution in [0.3, 0.4) is 0 Å². The summed E-state index contributed by atoms with van der Waals surface area (Å²) in [6, 6.07) is 0. The quantitative estimate of drug-likeness (QED) is 0.559. The maximum Gasteiger partial charge on any atom is 0.278 e. The van der Waals surface area contributed by atoms with Crippen LogP contribution < -0.4 is 21.5 Å². The third-order valence-electron chi connectivity index (χ3n) is 2.85. The zero-order valence-corrected chi connectivity index (χ0v) is 9.09. The molecule has 1 aliphatic rings. The van der Waals surface area contributed by atoms with E-state index in [0.717, 1.165) is 6.54 Å². The highest BCUT2D eigenvalue weighted by atomic mass is 16.1. The van der Waals surface area contributed by atoms with Crippen molar-refractivity contribution in [3.8, 4) is 0 Å². The first-order valence-corrected chi connectivity index (χ1v) is 4.79. The largest absolute Gasteiger partial charge is 0.369 e. The molecule has 0 saturated carbocycles. The second-order valence-corrected chi connectivity index (χ2v) is 4.37. The molecule has 0 amide bonds. The third kappa shape index (κ3) is 1.42. The number of aromatic nitrogens is 2. The minimum Gasteiger partial charge on any atom is -0.369 e. The van der Waals surface area contributed by atoms with Gasteiger partial charge in [0.1, 0.15) is 5.69 Å². The molecular weight excluding hydrogens is 194 g/mol. The van der Waals surface area contributed by atoms with Crippen molar-refractivity contribution in [1.82, 2.24) is 9.97 Å². The van der Waals surface area contributed by atoms with E-state index in [4.69, 9.17) is 5.73 Å². The molecule has 0 spiro atoms. The van der Waals surface area contributed by atoms with Crippen molar-refractivity contribution in [3.05, 3.63) is 10.4 Å². The lowest BCUT2D eigenvalue weighted by molar-refractivity contribution is 0.498. The topological polar surface area (TPSA) is 87.0 Å². The van der Waals surface area contributed by atoms with Crippen LogP contribution in [0.1, 0.15) is 13.8 Å². The molecule has 0 bridgehead atoms. The number of likely N-dealkylation sites (N-methyl/N-ethyl adjacent to an activating group) is 1. The average molecular weight is 209 g/mol. The number of nitrogens with two attached hydrogens (primary N) is 1. The SMILES string of the molecule is CN1c2c(nc(N)[nH]c2=O)NCC1(C)C. The fourth-order valence-corrected chi connectivity index (χ4v) is 1.64. The lowest BCUT2D eigenvalue weighted by Gasteiger charge is -2.41. The van der Waals surface area contributed by atoms with Gasteiger partial charge in [0.2, 0.25) is 5.95 Å². The van der Waals surface area contributed by atoms with Gasteiger partial charge in [0.25, 0.3) is 5.56 Å². The molecule has 2 heterocycles. The Balaban J connectivity index is 2.62. The van der Waals surface area contributed by atoms with Gasteiger partial charge in [-0.05, 0) is 13.8 Å². The van der Waals surface area contributed by atoms with E-state index in [-0.39, 0.29) is 17.0 Å². The van der Waals surface area contributed by atoms with Crippen LogP contribution in [-0.2, 0) is 0 Å². The van der Waals surface area contributed by atoms with Gasteiger partial charge in [0, 0.05) is 13.6 Å². The summed E-state index contributed by atoms with van der Waals surface area (Å²) in [7, 11) is 1.88. The number of aromatic amines is 1. The Morgan fingerprint density at radius 1 is 1.53 bits per heavy atom. The van der Waals surface area contributed by atoms with E-state index >= 15 is 0 Å². The zero-order valence-electron chi connectivity index (χ0n) is 9.09. The van der Waals surface area contributed by atoms with Gasteiger partial charge in [-0.3, -0.25) is 9.78 Å². The predicted molar refractivity (Wildman–Crippen MR) is 60.2 cm³/mol. The van der Waals surface area contributed by atoms with Gasteiger partial charge in [-0.25, -0.2) is 0 Å². The van der Waals surface area contributed by atoms with Gasteiger partial charge in [-0.2, -0.15) is 4.98 Å². The van der Waals surface area contributed by atoms with Gasteiger partial charge in [-0.1, -0.05) is 0 Å².